The Morgan fingerprint density at radius 2 is 2.20 bits per heavy atom. The predicted octanol–water partition coefficient (Wildman–Crippen LogP) is 3.71. The van der Waals surface area contributed by atoms with E-state index in [1.165, 1.54) is 18.2 Å². The van der Waals surface area contributed by atoms with Crippen molar-refractivity contribution in [3.63, 3.8) is 0 Å². The number of aromatic nitrogens is 1. The smallest absolute Gasteiger partial charge is 0.301 e. The molecule has 0 fully saturated rings. The van der Waals surface area contributed by atoms with Crippen molar-refractivity contribution in [1.29, 1.82) is 0 Å². The highest BCUT2D eigenvalue weighted by molar-refractivity contribution is 7.99. The first kappa shape index (κ1) is 14.3. The molecule has 0 amide bonds. The van der Waals surface area contributed by atoms with Crippen molar-refractivity contribution in [2.75, 3.05) is 11.9 Å². The fourth-order valence-electron chi connectivity index (χ4n) is 1.57. The van der Waals surface area contributed by atoms with Crippen molar-refractivity contribution in [3.8, 4) is 0 Å². The molecule has 0 aliphatic rings. The minimum Gasteiger partial charge on any atom is -0.370 e. The third-order valence-electron chi connectivity index (χ3n) is 2.41. The molecule has 0 saturated carbocycles. The highest BCUT2D eigenvalue weighted by Gasteiger charge is 2.17. The molecule has 1 heterocycles. The summed E-state index contributed by atoms with van der Waals surface area (Å²) in [6.45, 7) is 2.57. The van der Waals surface area contributed by atoms with Crippen LogP contribution in [0.4, 0.5) is 15.9 Å². The van der Waals surface area contributed by atoms with E-state index in [9.17, 15) is 14.5 Å². The maximum Gasteiger partial charge on any atom is 0.301 e. The fraction of sp³-hybridized carbons (Fsp3) is 0.154. The third-order valence-corrected chi connectivity index (χ3v) is 3.39. The van der Waals surface area contributed by atoms with Crippen LogP contribution in [0.25, 0.3) is 0 Å². The highest BCUT2D eigenvalue weighted by atomic mass is 32.2. The lowest BCUT2D eigenvalue weighted by Crippen LogP contribution is -2.01. The van der Waals surface area contributed by atoms with Crippen LogP contribution in [0, 0.1) is 15.9 Å². The first-order valence-electron chi connectivity index (χ1n) is 5.93. The molecule has 1 N–H and O–H groups in total. The predicted molar refractivity (Wildman–Crippen MR) is 75.6 cm³/mol. The van der Waals surface area contributed by atoms with Crippen LogP contribution in [0.2, 0.25) is 0 Å². The first-order chi connectivity index (χ1) is 9.60. The van der Waals surface area contributed by atoms with Crippen LogP contribution in [0.5, 0.6) is 0 Å². The molecule has 7 heteroatoms. The van der Waals surface area contributed by atoms with Gasteiger partial charge in [-0.2, -0.15) is 0 Å². The molecule has 0 unspecified atom stereocenters. The normalized spacial score (nSPS) is 10.3. The number of nitro groups is 1. The lowest BCUT2D eigenvalue weighted by Gasteiger charge is -2.06. The second kappa shape index (κ2) is 6.33. The first-order valence-corrected chi connectivity index (χ1v) is 6.74. The number of nitrogens with one attached hydrogen (secondary N) is 1. The molecule has 0 aliphatic heterocycles. The molecule has 2 rings (SSSR count). The van der Waals surface area contributed by atoms with E-state index in [1.807, 2.05) is 6.92 Å². The third kappa shape index (κ3) is 3.45. The van der Waals surface area contributed by atoms with Gasteiger partial charge in [0.05, 0.1) is 4.92 Å². The van der Waals surface area contributed by atoms with Gasteiger partial charge in [0.2, 0.25) is 0 Å². The number of nitrogens with zero attached hydrogens (tertiary/aromatic N) is 2. The van der Waals surface area contributed by atoms with Crippen molar-refractivity contribution in [2.24, 2.45) is 0 Å². The molecule has 0 aliphatic carbocycles. The van der Waals surface area contributed by atoms with Gasteiger partial charge in [-0.05, 0) is 31.2 Å². The summed E-state index contributed by atoms with van der Waals surface area (Å²) in [5.74, 6) is 0.164. The maximum atomic E-state index is 13.1. The Morgan fingerprint density at radius 1 is 1.40 bits per heavy atom. The minimum absolute atomic E-state index is 0.0964. The Morgan fingerprint density at radius 3 is 2.85 bits per heavy atom. The number of pyridine rings is 1. The van der Waals surface area contributed by atoms with Crippen LogP contribution in [-0.4, -0.2) is 16.5 Å². The van der Waals surface area contributed by atoms with Gasteiger partial charge in [-0.1, -0.05) is 17.8 Å². The van der Waals surface area contributed by atoms with Crippen molar-refractivity contribution in [1.82, 2.24) is 4.98 Å². The van der Waals surface area contributed by atoms with Gasteiger partial charge in [-0.15, -0.1) is 0 Å². The molecule has 20 heavy (non-hydrogen) atoms. The van der Waals surface area contributed by atoms with Crippen LogP contribution in [0.3, 0.4) is 0 Å². The molecule has 1 aromatic heterocycles. The van der Waals surface area contributed by atoms with Crippen molar-refractivity contribution in [3.05, 3.63) is 52.3 Å². The average Bonchev–Trinajstić information content (AvgIpc) is 2.39. The Labute approximate surface area is 119 Å². The summed E-state index contributed by atoms with van der Waals surface area (Å²) in [6.07, 6.45) is 0. The number of hydrogen-bond acceptors (Lipinski definition) is 5. The van der Waals surface area contributed by atoms with Crippen LogP contribution in [-0.2, 0) is 0 Å². The topological polar surface area (TPSA) is 68.1 Å². The summed E-state index contributed by atoms with van der Waals surface area (Å²) in [5, 5.41) is 14.2. The van der Waals surface area contributed by atoms with Gasteiger partial charge in [0, 0.05) is 17.5 Å². The molecule has 5 nitrogen and oxygen atoms in total. The quantitative estimate of drug-likeness (QED) is 0.672. The molecule has 2 aromatic rings. The number of anilines is 1. The van der Waals surface area contributed by atoms with Gasteiger partial charge in [-0.25, -0.2) is 9.37 Å². The summed E-state index contributed by atoms with van der Waals surface area (Å²) >= 11 is 1.06. The standard InChI is InChI=1S/C13H12FN3O2S/c1-2-15-12-7-6-11(17(18)19)13(16-12)20-10-5-3-4-9(14)8-10/h3-8H,2H2,1H3,(H,15,16). The molecular weight excluding hydrogens is 281 g/mol. The van der Waals surface area contributed by atoms with Crippen LogP contribution >= 0.6 is 11.8 Å². The summed E-state index contributed by atoms with van der Waals surface area (Å²) in [5.41, 5.74) is -0.0964. The number of hydrogen-bond donors (Lipinski definition) is 1. The zero-order valence-electron chi connectivity index (χ0n) is 10.7. The van der Waals surface area contributed by atoms with E-state index in [4.69, 9.17) is 0 Å². The Hall–Kier alpha value is -2.15. The number of benzene rings is 1. The van der Waals surface area contributed by atoms with Crippen LogP contribution < -0.4 is 5.32 Å². The van der Waals surface area contributed by atoms with Gasteiger partial charge >= 0.3 is 5.69 Å². The van der Waals surface area contributed by atoms with Gasteiger partial charge in [0.1, 0.15) is 11.6 Å². The maximum absolute atomic E-state index is 13.1. The molecule has 1 aromatic carbocycles. The fourth-order valence-corrected chi connectivity index (χ4v) is 2.50. The van der Waals surface area contributed by atoms with Gasteiger partial charge in [0.25, 0.3) is 0 Å². The second-order valence-corrected chi connectivity index (χ2v) is 4.93. The summed E-state index contributed by atoms with van der Waals surface area (Å²) in [7, 11) is 0. The molecule has 104 valence electrons. The van der Waals surface area contributed by atoms with E-state index in [0.29, 0.717) is 17.3 Å². The summed E-state index contributed by atoms with van der Waals surface area (Å²) < 4.78 is 13.1. The van der Waals surface area contributed by atoms with Crippen molar-refractivity contribution >= 4 is 23.3 Å². The second-order valence-electron chi connectivity index (χ2n) is 3.87. The average molecular weight is 293 g/mol. The lowest BCUT2D eigenvalue weighted by atomic mass is 10.3. The van der Waals surface area contributed by atoms with Gasteiger partial charge < -0.3 is 5.32 Å². The van der Waals surface area contributed by atoms with E-state index in [0.717, 1.165) is 11.8 Å². The van der Waals surface area contributed by atoms with E-state index < -0.39 is 4.92 Å². The molecule has 0 spiro atoms. The van der Waals surface area contributed by atoms with Gasteiger partial charge in [-0.3, -0.25) is 10.1 Å². The van der Waals surface area contributed by atoms with E-state index in [-0.39, 0.29) is 16.5 Å². The SMILES string of the molecule is CCNc1ccc([N+](=O)[O-])c(Sc2cccc(F)c2)n1. The minimum atomic E-state index is -0.496. The van der Waals surface area contributed by atoms with E-state index in [1.54, 1.807) is 18.2 Å². The van der Waals surface area contributed by atoms with Crippen molar-refractivity contribution < 1.29 is 9.31 Å². The molecule has 0 saturated heterocycles. The lowest BCUT2D eigenvalue weighted by molar-refractivity contribution is -0.388. The molecule has 0 bridgehead atoms. The Kier molecular flexibility index (Phi) is 4.52. The number of halogens is 1. The van der Waals surface area contributed by atoms with Gasteiger partial charge in [0.15, 0.2) is 5.03 Å². The molecule has 0 radical (unpaired) electrons. The summed E-state index contributed by atoms with van der Waals surface area (Å²) in [4.78, 5) is 15.3. The highest BCUT2D eigenvalue weighted by Crippen LogP contribution is 2.34. The van der Waals surface area contributed by atoms with E-state index >= 15 is 0 Å². The Bertz CT molecular complexity index is 637. The zero-order valence-corrected chi connectivity index (χ0v) is 11.5. The van der Waals surface area contributed by atoms with Crippen LogP contribution in [0.15, 0.2) is 46.3 Å². The Balaban J connectivity index is 2.36. The molecule has 0 atom stereocenters. The molecular formula is C13H12FN3O2S. The van der Waals surface area contributed by atoms with Crippen LogP contribution in [0.1, 0.15) is 6.92 Å². The monoisotopic (exact) mass is 293 g/mol. The van der Waals surface area contributed by atoms with E-state index in [2.05, 4.69) is 10.3 Å². The largest absolute Gasteiger partial charge is 0.370 e. The number of rotatable bonds is 5. The van der Waals surface area contributed by atoms with Crippen molar-refractivity contribution in [2.45, 2.75) is 16.8 Å². The summed E-state index contributed by atoms with van der Waals surface area (Å²) in [6, 6.07) is 8.82. The zero-order chi connectivity index (χ0) is 14.5.